The van der Waals surface area contributed by atoms with Gasteiger partial charge in [-0.25, -0.2) is 8.42 Å². The molecule has 0 aliphatic heterocycles. The molecule has 0 radical (unpaired) electrons. The van der Waals surface area contributed by atoms with Crippen molar-refractivity contribution in [2.45, 2.75) is 11.8 Å². The maximum Gasteiger partial charge on any atom is 0.286 e. The van der Waals surface area contributed by atoms with Gasteiger partial charge in [0.2, 0.25) is 0 Å². The van der Waals surface area contributed by atoms with E-state index >= 15 is 0 Å². The normalized spacial score (nSPS) is 11.0. The minimum atomic E-state index is -4.00. The molecule has 18 heavy (non-hydrogen) atoms. The zero-order chi connectivity index (χ0) is 13.8. The molecule has 0 aromatic heterocycles. The van der Waals surface area contributed by atoms with E-state index in [1.54, 1.807) is 13.0 Å². The van der Waals surface area contributed by atoms with Gasteiger partial charge in [0.25, 0.3) is 14.7 Å². The van der Waals surface area contributed by atoms with Crippen molar-refractivity contribution in [3.63, 3.8) is 0 Å². The third-order valence-corrected chi connectivity index (χ3v) is 3.26. The van der Waals surface area contributed by atoms with Gasteiger partial charge in [0.15, 0.2) is 0 Å². The summed E-state index contributed by atoms with van der Waals surface area (Å²) in [5.41, 5.74) is -0.268. The lowest BCUT2D eigenvalue weighted by molar-refractivity contribution is -0.385. The number of allylic oxidation sites excluding steroid dienone is 2. The fourth-order valence-electron chi connectivity index (χ4n) is 1.12. The summed E-state index contributed by atoms with van der Waals surface area (Å²) in [5.74, 6) is 5.15. The summed E-state index contributed by atoms with van der Waals surface area (Å²) < 4.78 is 22.1. The van der Waals surface area contributed by atoms with Crippen molar-refractivity contribution in [3.8, 4) is 11.8 Å². The van der Waals surface area contributed by atoms with Crippen molar-refractivity contribution in [1.29, 1.82) is 0 Å². The van der Waals surface area contributed by atoms with E-state index in [0.717, 1.165) is 6.07 Å². The van der Waals surface area contributed by atoms with E-state index in [2.05, 4.69) is 11.8 Å². The monoisotopic (exact) mass is 285 g/mol. The summed E-state index contributed by atoms with van der Waals surface area (Å²) in [4.78, 5) is 9.79. The molecule has 0 amide bonds. The molecule has 94 valence electrons. The van der Waals surface area contributed by atoms with E-state index in [0.29, 0.717) is 0 Å². The molecule has 0 unspecified atom stereocenters. The van der Waals surface area contributed by atoms with Crippen LogP contribution in [0.1, 0.15) is 12.5 Å². The van der Waals surface area contributed by atoms with E-state index in [1.165, 1.54) is 18.2 Å². The minimum absolute atomic E-state index is 0.127. The molecule has 0 saturated carbocycles. The average molecular weight is 286 g/mol. The molecule has 0 aliphatic carbocycles. The minimum Gasteiger partial charge on any atom is -0.258 e. The number of nitro benzene ring substituents is 1. The van der Waals surface area contributed by atoms with Crippen molar-refractivity contribution >= 4 is 25.4 Å². The number of hydrogen-bond donors (Lipinski definition) is 0. The topological polar surface area (TPSA) is 77.3 Å². The van der Waals surface area contributed by atoms with Gasteiger partial charge >= 0.3 is 0 Å². The fourth-order valence-corrected chi connectivity index (χ4v) is 1.89. The second kappa shape index (κ2) is 5.67. The van der Waals surface area contributed by atoms with Gasteiger partial charge in [0.05, 0.1) is 9.82 Å². The molecule has 1 rings (SSSR count). The van der Waals surface area contributed by atoms with Crippen LogP contribution in [0.2, 0.25) is 0 Å². The third kappa shape index (κ3) is 3.58. The van der Waals surface area contributed by atoms with Crippen LogP contribution in [-0.2, 0) is 9.05 Å². The molecule has 0 saturated heterocycles. The first-order valence-corrected chi connectivity index (χ1v) is 7.03. The zero-order valence-electron chi connectivity index (χ0n) is 9.25. The van der Waals surface area contributed by atoms with Gasteiger partial charge < -0.3 is 0 Å². The van der Waals surface area contributed by atoms with Crippen molar-refractivity contribution in [3.05, 3.63) is 46.0 Å². The largest absolute Gasteiger partial charge is 0.286 e. The van der Waals surface area contributed by atoms with Gasteiger partial charge in [-0.05, 0) is 25.1 Å². The summed E-state index contributed by atoms with van der Waals surface area (Å²) in [6, 6.07) is 3.32. The highest BCUT2D eigenvalue weighted by molar-refractivity contribution is 8.13. The average Bonchev–Trinajstić information content (AvgIpc) is 2.28. The molecule has 1 aromatic carbocycles. The molecule has 0 bridgehead atoms. The lowest BCUT2D eigenvalue weighted by Crippen LogP contribution is -1.96. The van der Waals surface area contributed by atoms with Crippen molar-refractivity contribution < 1.29 is 13.3 Å². The first-order valence-electron chi connectivity index (χ1n) is 4.72. The Morgan fingerprint density at radius 1 is 1.44 bits per heavy atom. The van der Waals surface area contributed by atoms with Crippen LogP contribution in [0.5, 0.6) is 0 Å². The second-order valence-electron chi connectivity index (χ2n) is 3.14. The summed E-state index contributed by atoms with van der Waals surface area (Å²) >= 11 is 0. The Morgan fingerprint density at radius 3 is 2.61 bits per heavy atom. The lowest BCUT2D eigenvalue weighted by Gasteiger charge is -1.98. The number of benzene rings is 1. The van der Waals surface area contributed by atoms with E-state index in [1.807, 2.05) is 0 Å². The van der Waals surface area contributed by atoms with E-state index in [-0.39, 0.29) is 10.5 Å². The molecule has 5 nitrogen and oxygen atoms in total. The van der Waals surface area contributed by atoms with Gasteiger partial charge in [-0.2, -0.15) is 0 Å². The van der Waals surface area contributed by atoms with Crippen LogP contribution in [-0.4, -0.2) is 13.3 Å². The summed E-state index contributed by atoms with van der Waals surface area (Å²) in [6.45, 7) is 1.76. The quantitative estimate of drug-likeness (QED) is 0.362. The Morgan fingerprint density at radius 2 is 2.11 bits per heavy atom. The van der Waals surface area contributed by atoms with Crippen LogP contribution in [0.3, 0.4) is 0 Å². The Bertz CT molecular complexity index is 668. The number of halogens is 1. The van der Waals surface area contributed by atoms with Crippen LogP contribution < -0.4 is 0 Å². The Balaban J connectivity index is 3.40. The molecule has 0 aliphatic rings. The molecule has 0 fully saturated rings. The highest BCUT2D eigenvalue weighted by atomic mass is 35.7. The smallest absolute Gasteiger partial charge is 0.258 e. The number of hydrogen-bond acceptors (Lipinski definition) is 4. The fraction of sp³-hybridized carbons (Fsp3) is 0.0909. The van der Waals surface area contributed by atoms with Gasteiger partial charge in [0.1, 0.15) is 5.56 Å². The number of nitrogens with zero attached hydrogens (tertiary/aromatic N) is 1. The SMILES string of the molecule is C/C=C/C#Cc1ccc(S(=O)(=O)Cl)cc1[N+](=O)[O-]. The summed E-state index contributed by atoms with van der Waals surface area (Å²) in [7, 11) is 1.12. The Hall–Kier alpha value is -1.84. The predicted octanol–water partition coefficient (Wildman–Crippen LogP) is 2.45. The van der Waals surface area contributed by atoms with Crippen LogP contribution in [0, 0.1) is 22.0 Å². The van der Waals surface area contributed by atoms with E-state index in [4.69, 9.17) is 10.7 Å². The standard InChI is InChI=1S/C11H8ClNO4S/c1-2-3-4-5-9-6-7-10(18(12,16)17)8-11(9)13(14)15/h2-3,6-8H,1H3/b3-2+. The number of nitro groups is 1. The third-order valence-electron chi connectivity index (χ3n) is 1.90. The highest BCUT2D eigenvalue weighted by Gasteiger charge is 2.18. The molecule has 0 N–H and O–H groups in total. The Kier molecular flexibility index (Phi) is 4.48. The van der Waals surface area contributed by atoms with E-state index < -0.39 is 19.7 Å². The van der Waals surface area contributed by atoms with Gasteiger partial charge in [-0.1, -0.05) is 17.9 Å². The van der Waals surface area contributed by atoms with E-state index in [9.17, 15) is 18.5 Å². The van der Waals surface area contributed by atoms with Crippen LogP contribution in [0.4, 0.5) is 5.69 Å². The summed E-state index contributed by atoms with van der Waals surface area (Å²) in [5, 5.41) is 10.8. The maximum atomic E-state index is 11.1. The van der Waals surface area contributed by atoms with Crippen molar-refractivity contribution in [1.82, 2.24) is 0 Å². The Labute approximate surface area is 109 Å². The second-order valence-corrected chi connectivity index (χ2v) is 5.71. The zero-order valence-corrected chi connectivity index (χ0v) is 10.8. The maximum absolute atomic E-state index is 11.1. The molecular formula is C11H8ClNO4S. The van der Waals surface area contributed by atoms with Gasteiger partial charge in [0, 0.05) is 16.7 Å². The molecule has 1 aromatic rings. The van der Waals surface area contributed by atoms with Gasteiger partial charge in [-0.3, -0.25) is 10.1 Å². The lowest BCUT2D eigenvalue weighted by atomic mass is 10.2. The van der Waals surface area contributed by atoms with Crippen molar-refractivity contribution in [2.75, 3.05) is 0 Å². The van der Waals surface area contributed by atoms with Crippen LogP contribution in [0.25, 0.3) is 0 Å². The molecule has 0 atom stereocenters. The number of rotatable bonds is 2. The first kappa shape index (κ1) is 14.2. The molecule has 0 heterocycles. The predicted molar refractivity (Wildman–Crippen MR) is 67.8 cm³/mol. The van der Waals surface area contributed by atoms with Crippen molar-refractivity contribution in [2.24, 2.45) is 0 Å². The first-order chi connectivity index (χ1) is 8.36. The summed E-state index contributed by atoms with van der Waals surface area (Å²) in [6.07, 6.45) is 3.20. The molecular weight excluding hydrogens is 278 g/mol. The van der Waals surface area contributed by atoms with Crippen LogP contribution in [0.15, 0.2) is 35.2 Å². The van der Waals surface area contributed by atoms with Gasteiger partial charge in [-0.15, -0.1) is 0 Å². The highest BCUT2D eigenvalue weighted by Crippen LogP contribution is 2.24. The van der Waals surface area contributed by atoms with Crippen LogP contribution >= 0.6 is 10.7 Å². The molecule has 0 spiro atoms. The molecule has 7 heteroatoms.